The summed E-state index contributed by atoms with van der Waals surface area (Å²) in [6, 6.07) is 6.05. The van der Waals surface area contributed by atoms with Gasteiger partial charge in [0.15, 0.2) is 11.2 Å². The maximum absolute atomic E-state index is 12.5. The highest BCUT2D eigenvalue weighted by Crippen LogP contribution is 2.17. The lowest BCUT2D eigenvalue weighted by Crippen LogP contribution is -2.29. The normalized spacial score (nSPS) is 11.4. The smallest absolute Gasteiger partial charge is 0.303 e. The molecule has 0 fully saturated rings. The van der Waals surface area contributed by atoms with Gasteiger partial charge in [-0.3, -0.25) is 24.5 Å². The molecule has 0 spiro atoms. The number of imidazole rings is 1. The molecule has 0 atom stereocenters. The van der Waals surface area contributed by atoms with Gasteiger partial charge >= 0.3 is 5.69 Å². The third kappa shape index (κ3) is 5.05. The second kappa shape index (κ2) is 9.83. The SMILES string of the molecule is CCCCCCCn1c(N/N=C\c2cccc([N+](=O)[O-])c2)nc2c1c(=O)[nH]c(=O)n2C. The molecule has 2 heterocycles. The molecule has 0 saturated heterocycles. The topological polar surface area (TPSA) is 140 Å². The van der Waals surface area contributed by atoms with Crippen molar-refractivity contribution < 1.29 is 4.92 Å². The molecule has 31 heavy (non-hydrogen) atoms. The Kier molecular flexibility index (Phi) is 6.96. The van der Waals surface area contributed by atoms with E-state index in [9.17, 15) is 19.7 Å². The number of hydrogen-bond acceptors (Lipinski definition) is 7. The highest BCUT2D eigenvalue weighted by Gasteiger charge is 2.17. The fourth-order valence-corrected chi connectivity index (χ4v) is 3.29. The van der Waals surface area contributed by atoms with Crippen LogP contribution in [0.3, 0.4) is 0 Å². The number of nitro groups is 1. The van der Waals surface area contributed by atoms with E-state index < -0.39 is 16.2 Å². The molecule has 0 aliphatic heterocycles. The molecule has 2 aromatic heterocycles. The molecule has 0 saturated carbocycles. The predicted molar refractivity (Wildman–Crippen MR) is 119 cm³/mol. The van der Waals surface area contributed by atoms with Crippen LogP contribution >= 0.6 is 0 Å². The third-order valence-electron chi connectivity index (χ3n) is 4.95. The summed E-state index contributed by atoms with van der Waals surface area (Å²) in [6.07, 6.45) is 6.67. The van der Waals surface area contributed by atoms with Gasteiger partial charge < -0.3 is 4.57 Å². The van der Waals surface area contributed by atoms with Crippen molar-refractivity contribution in [1.29, 1.82) is 0 Å². The van der Waals surface area contributed by atoms with Crippen LogP contribution in [0.25, 0.3) is 11.2 Å². The number of hydrazone groups is 1. The number of aryl methyl sites for hydroxylation is 2. The number of fused-ring (bicyclic) bond motifs is 1. The van der Waals surface area contributed by atoms with Crippen LogP contribution in [0.2, 0.25) is 0 Å². The third-order valence-corrected chi connectivity index (χ3v) is 4.95. The van der Waals surface area contributed by atoms with E-state index in [1.807, 2.05) is 0 Å². The number of nitrogens with zero attached hydrogens (tertiary/aromatic N) is 5. The summed E-state index contributed by atoms with van der Waals surface area (Å²) in [5.41, 5.74) is 2.82. The van der Waals surface area contributed by atoms with E-state index in [1.54, 1.807) is 16.7 Å². The van der Waals surface area contributed by atoms with Crippen molar-refractivity contribution in [2.75, 3.05) is 5.43 Å². The zero-order valence-corrected chi connectivity index (χ0v) is 17.5. The van der Waals surface area contributed by atoms with E-state index in [1.165, 1.54) is 30.0 Å². The van der Waals surface area contributed by atoms with Crippen molar-refractivity contribution in [2.24, 2.45) is 12.1 Å². The van der Waals surface area contributed by atoms with Crippen molar-refractivity contribution >= 4 is 29.0 Å². The number of rotatable bonds is 10. The number of aromatic nitrogens is 4. The number of hydrogen-bond donors (Lipinski definition) is 2. The average molecular weight is 427 g/mol. The zero-order valence-electron chi connectivity index (χ0n) is 17.5. The maximum Gasteiger partial charge on any atom is 0.329 e. The van der Waals surface area contributed by atoms with Gasteiger partial charge in [0.1, 0.15) is 0 Å². The van der Waals surface area contributed by atoms with Gasteiger partial charge in [-0.2, -0.15) is 10.1 Å². The first-order chi connectivity index (χ1) is 14.9. The standard InChI is InChI=1S/C20H25N7O4/c1-3-4-5-6-7-11-26-16-17(25(2)20(29)23-18(16)28)22-19(26)24-21-13-14-9-8-10-15(12-14)27(30)31/h8-10,12-13H,3-7,11H2,1-2H3,(H,22,24)(H,23,28,29)/b21-13-. The fourth-order valence-electron chi connectivity index (χ4n) is 3.29. The van der Waals surface area contributed by atoms with Gasteiger partial charge in [0, 0.05) is 31.3 Å². The summed E-state index contributed by atoms with van der Waals surface area (Å²) in [5.74, 6) is 0.318. The van der Waals surface area contributed by atoms with Crippen LogP contribution in [-0.2, 0) is 13.6 Å². The van der Waals surface area contributed by atoms with E-state index in [0.29, 0.717) is 23.6 Å². The number of benzene rings is 1. The monoisotopic (exact) mass is 427 g/mol. The van der Waals surface area contributed by atoms with Crippen LogP contribution in [-0.4, -0.2) is 30.2 Å². The van der Waals surface area contributed by atoms with Crippen LogP contribution in [0, 0.1) is 10.1 Å². The Labute approximate surface area is 177 Å². The quantitative estimate of drug-likeness (QED) is 0.221. The largest absolute Gasteiger partial charge is 0.329 e. The predicted octanol–water partition coefficient (Wildman–Crippen LogP) is 2.75. The van der Waals surface area contributed by atoms with E-state index >= 15 is 0 Å². The molecule has 11 nitrogen and oxygen atoms in total. The maximum atomic E-state index is 12.5. The highest BCUT2D eigenvalue weighted by molar-refractivity contribution is 5.81. The minimum Gasteiger partial charge on any atom is -0.303 e. The number of non-ortho nitro benzene ring substituents is 1. The van der Waals surface area contributed by atoms with Gasteiger partial charge in [-0.15, -0.1) is 0 Å². The second-order valence-electron chi connectivity index (χ2n) is 7.21. The summed E-state index contributed by atoms with van der Waals surface area (Å²) >= 11 is 0. The van der Waals surface area contributed by atoms with Gasteiger partial charge in [-0.25, -0.2) is 10.2 Å². The highest BCUT2D eigenvalue weighted by atomic mass is 16.6. The number of nitro benzene ring substituents is 1. The molecule has 0 unspecified atom stereocenters. The summed E-state index contributed by atoms with van der Waals surface area (Å²) in [4.78, 5) is 41.6. The van der Waals surface area contributed by atoms with Crippen molar-refractivity contribution in [1.82, 2.24) is 19.1 Å². The molecule has 164 valence electrons. The van der Waals surface area contributed by atoms with Gasteiger partial charge in [0.25, 0.3) is 11.2 Å². The number of anilines is 1. The van der Waals surface area contributed by atoms with Gasteiger partial charge in [0.05, 0.1) is 11.1 Å². The van der Waals surface area contributed by atoms with Crippen LogP contribution in [0.5, 0.6) is 0 Å². The molecule has 3 aromatic rings. The number of aromatic amines is 1. The molecule has 0 amide bonds. The van der Waals surface area contributed by atoms with Crippen LogP contribution in [0.4, 0.5) is 11.6 Å². The lowest BCUT2D eigenvalue weighted by Gasteiger charge is -2.08. The number of H-pyrrole nitrogens is 1. The number of unbranched alkanes of at least 4 members (excludes halogenated alkanes) is 4. The molecule has 3 rings (SSSR count). The molecular weight excluding hydrogens is 402 g/mol. The van der Waals surface area contributed by atoms with E-state index in [2.05, 4.69) is 27.4 Å². The fraction of sp³-hybridized carbons (Fsp3) is 0.400. The molecule has 2 N–H and O–H groups in total. The molecule has 0 aliphatic rings. The first-order valence-electron chi connectivity index (χ1n) is 10.2. The molecule has 0 aliphatic carbocycles. The summed E-state index contributed by atoms with van der Waals surface area (Å²) in [7, 11) is 1.54. The number of nitrogens with one attached hydrogen (secondary N) is 2. The minimum atomic E-state index is -0.545. The van der Waals surface area contributed by atoms with Crippen molar-refractivity contribution in [3.8, 4) is 0 Å². The summed E-state index contributed by atoms with van der Waals surface area (Å²) < 4.78 is 2.99. The van der Waals surface area contributed by atoms with E-state index in [4.69, 9.17) is 0 Å². The van der Waals surface area contributed by atoms with E-state index in [-0.39, 0.29) is 11.3 Å². The van der Waals surface area contributed by atoms with Gasteiger partial charge in [-0.1, -0.05) is 44.7 Å². The Morgan fingerprint density at radius 3 is 2.77 bits per heavy atom. The van der Waals surface area contributed by atoms with Crippen molar-refractivity contribution in [2.45, 2.75) is 45.6 Å². The van der Waals surface area contributed by atoms with Gasteiger partial charge in [0.2, 0.25) is 5.95 Å². The summed E-state index contributed by atoms with van der Waals surface area (Å²) in [5, 5.41) is 15.0. The Morgan fingerprint density at radius 2 is 2.03 bits per heavy atom. The first-order valence-corrected chi connectivity index (χ1v) is 10.2. The molecule has 0 bridgehead atoms. The van der Waals surface area contributed by atoms with Crippen molar-refractivity contribution in [3.05, 3.63) is 60.8 Å². The van der Waals surface area contributed by atoms with Crippen molar-refractivity contribution in [3.63, 3.8) is 0 Å². The Bertz CT molecular complexity index is 1220. The molecule has 1 aromatic carbocycles. The lowest BCUT2D eigenvalue weighted by atomic mass is 10.1. The lowest BCUT2D eigenvalue weighted by molar-refractivity contribution is -0.384. The summed E-state index contributed by atoms with van der Waals surface area (Å²) in [6.45, 7) is 2.68. The molecule has 0 radical (unpaired) electrons. The Morgan fingerprint density at radius 1 is 1.26 bits per heavy atom. The Hall–Kier alpha value is -3.76. The van der Waals surface area contributed by atoms with E-state index in [0.717, 1.165) is 32.1 Å². The second-order valence-corrected chi connectivity index (χ2v) is 7.21. The van der Waals surface area contributed by atoms with Crippen LogP contribution < -0.4 is 16.7 Å². The Balaban J connectivity index is 1.90. The van der Waals surface area contributed by atoms with Crippen LogP contribution in [0.1, 0.15) is 44.6 Å². The molecular formula is C20H25N7O4. The van der Waals surface area contributed by atoms with Crippen LogP contribution in [0.15, 0.2) is 39.0 Å². The minimum absolute atomic E-state index is 0.0372. The van der Waals surface area contributed by atoms with Gasteiger partial charge in [-0.05, 0) is 6.42 Å². The first kappa shape index (κ1) is 21.9. The average Bonchev–Trinajstić information content (AvgIpc) is 3.11. The molecule has 11 heteroatoms. The zero-order chi connectivity index (χ0) is 22.4.